The first-order valence-corrected chi connectivity index (χ1v) is 6.63. The van der Waals surface area contributed by atoms with Gasteiger partial charge >= 0.3 is 0 Å². The van der Waals surface area contributed by atoms with E-state index in [1.165, 1.54) is 0 Å². The van der Waals surface area contributed by atoms with Crippen molar-refractivity contribution in [3.05, 3.63) is 59.4 Å². The second kappa shape index (κ2) is 6.69. The Balaban J connectivity index is 2.09. The minimum atomic E-state index is 0.456. The number of para-hydroxylation sites is 1. The van der Waals surface area contributed by atoms with E-state index in [2.05, 4.69) is 22.9 Å². The number of anilines is 1. The summed E-state index contributed by atoms with van der Waals surface area (Å²) < 4.78 is 0. The van der Waals surface area contributed by atoms with Gasteiger partial charge in [-0.3, -0.25) is 4.90 Å². The number of aromatic nitrogens is 1. The molecule has 0 spiro atoms. The molecule has 0 atom stereocenters. The van der Waals surface area contributed by atoms with Gasteiger partial charge in [-0.25, -0.2) is 4.98 Å². The first kappa shape index (κ1) is 14.0. The van der Waals surface area contributed by atoms with Crippen LogP contribution in [-0.2, 0) is 13.1 Å². The number of hydrogen-bond acceptors (Lipinski definition) is 4. The van der Waals surface area contributed by atoms with Crippen molar-refractivity contribution < 1.29 is 0 Å². The highest BCUT2D eigenvalue weighted by molar-refractivity contribution is 5.46. The fourth-order valence-electron chi connectivity index (χ4n) is 2.09. The SMILES string of the molecule is CCN(Cc1ccnc(C#N)c1)Cc1ccccc1N. The third-order valence-electron chi connectivity index (χ3n) is 3.24. The Hall–Kier alpha value is -2.38. The monoisotopic (exact) mass is 266 g/mol. The molecule has 0 aliphatic rings. The molecule has 4 nitrogen and oxygen atoms in total. The average Bonchev–Trinajstić information content (AvgIpc) is 2.49. The number of nitriles is 1. The molecule has 20 heavy (non-hydrogen) atoms. The lowest BCUT2D eigenvalue weighted by Crippen LogP contribution is -2.23. The van der Waals surface area contributed by atoms with E-state index in [1.807, 2.05) is 36.4 Å². The number of hydrogen-bond donors (Lipinski definition) is 1. The molecule has 0 amide bonds. The summed E-state index contributed by atoms with van der Waals surface area (Å²) >= 11 is 0. The maximum atomic E-state index is 8.88. The minimum Gasteiger partial charge on any atom is -0.398 e. The van der Waals surface area contributed by atoms with Crippen molar-refractivity contribution in [2.24, 2.45) is 0 Å². The highest BCUT2D eigenvalue weighted by atomic mass is 15.1. The van der Waals surface area contributed by atoms with Gasteiger partial charge in [-0.2, -0.15) is 5.26 Å². The molecule has 0 saturated carbocycles. The molecule has 0 aliphatic heterocycles. The predicted octanol–water partition coefficient (Wildman–Crippen LogP) is 2.56. The predicted molar refractivity (Wildman–Crippen MR) is 79.6 cm³/mol. The molecule has 1 aromatic carbocycles. The standard InChI is InChI=1S/C16H18N4/c1-2-20(12-14-5-3-4-6-16(14)18)11-13-7-8-19-15(9-13)10-17/h3-9H,2,11-12,18H2,1H3. The quantitative estimate of drug-likeness (QED) is 0.845. The lowest BCUT2D eigenvalue weighted by molar-refractivity contribution is 0.272. The Kier molecular flexibility index (Phi) is 4.70. The van der Waals surface area contributed by atoms with Gasteiger partial charge in [-0.05, 0) is 35.9 Å². The van der Waals surface area contributed by atoms with Gasteiger partial charge in [0.1, 0.15) is 11.8 Å². The summed E-state index contributed by atoms with van der Waals surface area (Å²) in [5.74, 6) is 0. The summed E-state index contributed by atoms with van der Waals surface area (Å²) in [7, 11) is 0. The van der Waals surface area contributed by atoms with E-state index >= 15 is 0 Å². The average molecular weight is 266 g/mol. The van der Waals surface area contributed by atoms with Crippen LogP contribution in [0, 0.1) is 11.3 Å². The molecule has 2 N–H and O–H groups in total. The highest BCUT2D eigenvalue weighted by Crippen LogP contribution is 2.15. The summed E-state index contributed by atoms with van der Waals surface area (Å²) in [5, 5.41) is 8.88. The van der Waals surface area contributed by atoms with E-state index in [-0.39, 0.29) is 0 Å². The zero-order valence-electron chi connectivity index (χ0n) is 11.6. The van der Waals surface area contributed by atoms with Crippen molar-refractivity contribution in [2.45, 2.75) is 20.0 Å². The lowest BCUT2D eigenvalue weighted by atomic mass is 10.1. The van der Waals surface area contributed by atoms with E-state index in [0.29, 0.717) is 5.69 Å². The van der Waals surface area contributed by atoms with Crippen molar-refractivity contribution in [3.63, 3.8) is 0 Å². The van der Waals surface area contributed by atoms with Crippen molar-refractivity contribution in [1.82, 2.24) is 9.88 Å². The van der Waals surface area contributed by atoms with Gasteiger partial charge < -0.3 is 5.73 Å². The van der Waals surface area contributed by atoms with Gasteiger partial charge in [0.05, 0.1) is 0 Å². The van der Waals surface area contributed by atoms with Crippen molar-refractivity contribution in [1.29, 1.82) is 5.26 Å². The van der Waals surface area contributed by atoms with Gasteiger partial charge in [0.2, 0.25) is 0 Å². The van der Waals surface area contributed by atoms with Crippen molar-refractivity contribution in [2.75, 3.05) is 12.3 Å². The van der Waals surface area contributed by atoms with Crippen LogP contribution in [0.1, 0.15) is 23.7 Å². The van der Waals surface area contributed by atoms with Crippen LogP contribution in [0.2, 0.25) is 0 Å². The maximum absolute atomic E-state index is 8.88. The number of nitrogen functional groups attached to an aromatic ring is 1. The van der Waals surface area contributed by atoms with E-state index in [1.54, 1.807) is 6.20 Å². The van der Waals surface area contributed by atoms with E-state index in [0.717, 1.165) is 36.4 Å². The van der Waals surface area contributed by atoms with Crippen LogP contribution in [-0.4, -0.2) is 16.4 Å². The molecule has 0 aliphatic carbocycles. The zero-order chi connectivity index (χ0) is 14.4. The second-order valence-electron chi connectivity index (χ2n) is 4.66. The topological polar surface area (TPSA) is 65.9 Å². The number of benzene rings is 1. The molecular weight excluding hydrogens is 248 g/mol. The molecule has 1 heterocycles. The van der Waals surface area contributed by atoms with Gasteiger partial charge in [-0.1, -0.05) is 25.1 Å². The zero-order valence-corrected chi connectivity index (χ0v) is 11.6. The van der Waals surface area contributed by atoms with Crippen LogP contribution >= 0.6 is 0 Å². The lowest BCUT2D eigenvalue weighted by Gasteiger charge is -2.21. The van der Waals surface area contributed by atoms with Gasteiger partial charge in [0.15, 0.2) is 0 Å². The first-order valence-electron chi connectivity index (χ1n) is 6.63. The van der Waals surface area contributed by atoms with E-state index in [9.17, 15) is 0 Å². The third kappa shape index (κ3) is 3.56. The van der Waals surface area contributed by atoms with Gasteiger partial charge in [-0.15, -0.1) is 0 Å². The number of nitrogens with zero attached hydrogens (tertiary/aromatic N) is 3. The van der Waals surface area contributed by atoms with E-state index in [4.69, 9.17) is 11.0 Å². The Labute approximate surface area is 119 Å². The maximum Gasteiger partial charge on any atom is 0.140 e. The van der Waals surface area contributed by atoms with Crippen LogP contribution in [0.3, 0.4) is 0 Å². The molecule has 0 bridgehead atoms. The molecule has 0 radical (unpaired) electrons. The number of rotatable bonds is 5. The van der Waals surface area contributed by atoms with Crippen LogP contribution < -0.4 is 5.73 Å². The fraction of sp³-hybridized carbons (Fsp3) is 0.250. The summed E-state index contributed by atoms with van der Waals surface area (Å²) in [6, 6.07) is 13.7. The molecule has 0 fully saturated rings. The molecule has 0 unspecified atom stereocenters. The summed E-state index contributed by atoms with van der Waals surface area (Å²) in [4.78, 5) is 6.27. The van der Waals surface area contributed by atoms with E-state index < -0.39 is 0 Å². The summed E-state index contributed by atoms with van der Waals surface area (Å²) in [5.41, 5.74) is 9.48. The van der Waals surface area contributed by atoms with Crippen molar-refractivity contribution >= 4 is 5.69 Å². The first-order chi connectivity index (χ1) is 9.72. The molecule has 0 saturated heterocycles. The van der Waals surface area contributed by atoms with Crippen molar-refractivity contribution in [3.8, 4) is 6.07 Å². The summed E-state index contributed by atoms with van der Waals surface area (Å²) in [6.07, 6.45) is 1.68. The number of nitrogens with two attached hydrogens (primary N) is 1. The Morgan fingerprint density at radius 3 is 2.75 bits per heavy atom. The highest BCUT2D eigenvalue weighted by Gasteiger charge is 2.07. The van der Waals surface area contributed by atoms with Gasteiger partial charge in [0.25, 0.3) is 0 Å². The van der Waals surface area contributed by atoms with Crippen LogP contribution in [0.4, 0.5) is 5.69 Å². The second-order valence-corrected chi connectivity index (χ2v) is 4.66. The molecular formula is C16H18N4. The third-order valence-corrected chi connectivity index (χ3v) is 3.24. The molecule has 102 valence electrons. The minimum absolute atomic E-state index is 0.456. The van der Waals surface area contributed by atoms with Crippen LogP contribution in [0.25, 0.3) is 0 Å². The molecule has 4 heteroatoms. The Bertz CT molecular complexity index is 616. The fourth-order valence-corrected chi connectivity index (χ4v) is 2.09. The molecule has 2 aromatic rings. The molecule has 1 aromatic heterocycles. The van der Waals surface area contributed by atoms with Crippen LogP contribution in [0.5, 0.6) is 0 Å². The Morgan fingerprint density at radius 1 is 1.25 bits per heavy atom. The van der Waals surface area contributed by atoms with Gasteiger partial charge in [0, 0.05) is 25.0 Å². The smallest absolute Gasteiger partial charge is 0.140 e. The van der Waals surface area contributed by atoms with Crippen LogP contribution in [0.15, 0.2) is 42.6 Å². The number of pyridine rings is 1. The largest absolute Gasteiger partial charge is 0.398 e. The molecule has 2 rings (SSSR count). The Morgan fingerprint density at radius 2 is 2.05 bits per heavy atom. The summed E-state index contributed by atoms with van der Waals surface area (Å²) in [6.45, 7) is 4.61. The normalized spacial score (nSPS) is 10.4.